The number of hydrogen-bond acceptors (Lipinski definition) is 4. The smallest absolute Gasteiger partial charge is 0.0527 e. The largest absolute Gasteiger partial charge is 0.382 e. The summed E-state index contributed by atoms with van der Waals surface area (Å²) in [6.07, 6.45) is 3.72. The second-order valence-corrected chi connectivity index (χ2v) is 6.07. The first-order valence-corrected chi connectivity index (χ1v) is 8.04. The van der Waals surface area contributed by atoms with Gasteiger partial charge in [-0.05, 0) is 36.4 Å². The number of nitrogens with one attached hydrogen (secondary N) is 3. The molecule has 0 unspecified atom stereocenters. The van der Waals surface area contributed by atoms with Gasteiger partial charge in [-0.3, -0.25) is 0 Å². The molecule has 1 aliphatic rings. The zero-order chi connectivity index (χ0) is 15.4. The summed E-state index contributed by atoms with van der Waals surface area (Å²) in [5, 5.41) is 10.1. The molecule has 0 aliphatic carbocycles. The van der Waals surface area contributed by atoms with Gasteiger partial charge in [0.15, 0.2) is 0 Å². The van der Waals surface area contributed by atoms with Crippen molar-refractivity contribution in [1.82, 2.24) is 0 Å². The predicted molar refractivity (Wildman–Crippen MR) is 97.7 cm³/mol. The lowest BCUT2D eigenvalue weighted by molar-refractivity contribution is 1.27. The number of hydrogen-bond donors (Lipinski definition) is 3. The molecule has 2 aromatic carbocycles. The van der Waals surface area contributed by atoms with Gasteiger partial charge in [0.05, 0.1) is 11.4 Å². The summed E-state index contributed by atoms with van der Waals surface area (Å²) in [6.45, 7) is 9.00. The molecule has 1 heterocycles. The maximum Gasteiger partial charge on any atom is 0.0527 e. The lowest BCUT2D eigenvalue weighted by atomic mass is 10.2. The van der Waals surface area contributed by atoms with Crippen LogP contribution in [0.2, 0.25) is 0 Å². The minimum atomic E-state index is 0.767. The third-order valence-corrected chi connectivity index (χ3v) is 4.47. The molecule has 0 aromatic heterocycles. The van der Waals surface area contributed by atoms with Gasteiger partial charge in [0, 0.05) is 34.3 Å². The Morgan fingerprint density at radius 1 is 0.864 bits per heavy atom. The molecular formula is C18H19N3S. The van der Waals surface area contributed by atoms with Gasteiger partial charge in [0.1, 0.15) is 0 Å². The summed E-state index contributed by atoms with van der Waals surface area (Å²) in [6, 6.07) is 12.7. The van der Waals surface area contributed by atoms with Gasteiger partial charge in [-0.25, -0.2) is 0 Å². The molecule has 0 bridgehead atoms. The monoisotopic (exact) mass is 309 g/mol. The first kappa shape index (κ1) is 14.6. The van der Waals surface area contributed by atoms with E-state index in [0.29, 0.717) is 0 Å². The maximum absolute atomic E-state index is 3.73. The van der Waals surface area contributed by atoms with E-state index in [9.17, 15) is 0 Å². The Labute approximate surface area is 135 Å². The number of fused-ring (bicyclic) bond motifs is 2. The molecule has 0 amide bonds. The molecule has 0 saturated carbocycles. The summed E-state index contributed by atoms with van der Waals surface area (Å²) in [7, 11) is 0. The molecule has 0 fully saturated rings. The van der Waals surface area contributed by atoms with Crippen molar-refractivity contribution < 1.29 is 0 Å². The standard InChI is InChI=1S/C18H19N3S/c1-3-9-19-13-5-7-15-17(11-13)22-18-12-14(20-10-4-2)6-8-16(18)21-15/h3-8,11-12,19-21H,1-2,9-10H2. The van der Waals surface area contributed by atoms with Crippen LogP contribution >= 0.6 is 11.8 Å². The van der Waals surface area contributed by atoms with Crippen molar-refractivity contribution in [2.75, 3.05) is 29.0 Å². The van der Waals surface area contributed by atoms with Crippen molar-refractivity contribution in [3.8, 4) is 0 Å². The molecule has 3 N–H and O–H groups in total. The Bertz CT molecular complexity index is 650. The topological polar surface area (TPSA) is 36.1 Å². The van der Waals surface area contributed by atoms with Crippen molar-refractivity contribution in [1.29, 1.82) is 0 Å². The molecule has 4 heteroatoms. The molecular weight excluding hydrogens is 290 g/mol. The van der Waals surface area contributed by atoms with E-state index in [0.717, 1.165) is 35.8 Å². The summed E-state index contributed by atoms with van der Waals surface area (Å²) < 4.78 is 0. The lowest BCUT2D eigenvalue weighted by Crippen LogP contribution is -2.03. The predicted octanol–water partition coefficient (Wildman–Crippen LogP) is 5.09. The van der Waals surface area contributed by atoms with Crippen LogP contribution in [0.25, 0.3) is 0 Å². The van der Waals surface area contributed by atoms with Crippen molar-refractivity contribution in [3.05, 3.63) is 61.7 Å². The van der Waals surface area contributed by atoms with Gasteiger partial charge in [-0.15, -0.1) is 13.2 Å². The lowest BCUT2D eigenvalue weighted by Gasteiger charge is -2.22. The van der Waals surface area contributed by atoms with Gasteiger partial charge in [0.2, 0.25) is 0 Å². The average molecular weight is 309 g/mol. The van der Waals surface area contributed by atoms with Crippen LogP contribution in [0, 0.1) is 0 Å². The van der Waals surface area contributed by atoms with Crippen molar-refractivity contribution in [2.45, 2.75) is 9.79 Å². The summed E-state index contributed by atoms with van der Waals surface area (Å²) >= 11 is 1.78. The molecule has 22 heavy (non-hydrogen) atoms. The Balaban J connectivity index is 1.83. The van der Waals surface area contributed by atoms with Crippen molar-refractivity contribution >= 4 is 34.5 Å². The molecule has 3 nitrogen and oxygen atoms in total. The third-order valence-electron chi connectivity index (χ3n) is 3.35. The van der Waals surface area contributed by atoms with Crippen LogP contribution in [-0.2, 0) is 0 Å². The summed E-state index contributed by atoms with van der Waals surface area (Å²) in [5.41, 5.74) is 4.51. The molecule has 0 saturated heterocycles. The SMILES string of the molecule is C=CCNc1ccc2c(c1)Sc1cc(NCC=C)ccc1N2. The van der Waals surface area contributed by atoms with Crippen LogP contribution in [0.3, 0.4) is 0 Å². The van der Waals surface area contributed by atoms with Crippen LogP contribution in [0.15, 0.2) is 71.5 Å². The Kier molecular flexibility index (Phi) is 4.39. The normalized spacial score (nSPS) is 11.6. The van der Waals surface area contributed by atoms with Crippen LogP contribution in [0.4, 0.5) is 22.7 Å². The fraction of sp³-hybridized carbons (Fsp3) is 0.111. The van der Waals surface area contributed by atoms with Gasteiger partial charge in [-0.1, -0.05) is 23.9 Å². The fourth-order valence-corrected chi connectivity index (χ4v) is 3.35. The zero-order valence-corrected chi connectivity index (χ0v) is 13.2. The van der Waals surface area contributed by atoms with E-state index < -0.39 is 0 Å². The molecule has 3 rings (SSSR count). The highest BCUT2D eigenvalue weighted by Gasteiger charge is 2.16. The first-order chi connectivity index (χ1) is 10.8. The third kappa shape index (κ3) is 3.12. The van der Waals surface area contributed by atoms with Crippen LogP contribution in [0.1, 0.15) is 0 Å². The minimum absolute atomic E-state index is 0.767. The second kappa shape index (κ2) is 6.62. The van der Waals surface area contributed by atoms with E-state index in [4.69, 9.17) is 0 Å². The molecule has 0 radical (unpaired) electrons. The Morgan fingerprint density at radius 2 is 1.36 bits per heavy atom. The zero-order valence-electron chi connectivity index (χ0n) is 12.4. The quantitative estimate of drug-likeness (QED) is 0.554. The maximum atomic E-state index is 3.73. The van der Waals surface area contributed by atoms with E-state index in [-0.39, 0.29) is 0 Å². The van der Waals surface area contributed by atoms with Gasteiger partial charge >= 0.3 is 0 Å². The van der Waals surface area contributed by atoms with Crippen molar-refractivity contribution in [3.63, 3.8) is 0 Å². The van der Waals surface area contributed by atoms with E-state index in [1.807, 2.05) is 12.2 Å². The molecule has 112 valence electrons. The summed E-state index contributed by atoms with van der Waals surface area (Å²) in [5.74, 6) is 0. The van der Waals surface area contributed by atoms with E-state index in [1.54, 1.807) is 11.8 Å². The number of anilines is 4. The van der Waals surface area contributed by atoms with E-state index in [1.165, 1.54) is 9.79 Å². The minimum Gasteiger partial charge on any atom is -0.382 e. The highest BCUT2D eigenvalue weighted by atomic mass is 32.2. The highest BCUT2D eigenvalue weighted by molar-refractivity contribution is 7.99. The van der Waals surface area contributed by atoms with Gasteiger partial charge in [-0.2, -0.15) is 0 Å². The van der Waals surface area contributed by atoms with Gasteiger partial charge in [0.25, 0.3) is 0 Å². The highest BCUT2D eigenvalue weighted by Crippen LogP contribution is 2.45. The van der Waals surface area contributed by atoms with Crippen molar-refractivity contribution in [2.24, 2.45) is 0 Å². The first-order valence-electron chi connectivity index (χ1n) is 7.22. The molecule has 1 aliphatic heterocycles. The van der Waals surface area contributed by atoms with E-state index >= 15 is 0 Å². The van der Waals surface area contributed by atoms with Crippen LogP contribution in [-0.4, -0.2) is 13.1 Å². The Morgan fingerprint density at radius 3 is 1.82 bits per heavy atom. The van der Waals surface area contributed by atoms with Crippen LogP contribution < -0.4 is 16.0 Å². The van der Waals surface area contributed by atoms with Gasteiger partial charge < -0.3 is 16.0 Å². The van der Waals surface area contributed by atoms with E-state index in [2.05, 4.69) is 65.5 Å². The second-order valence-electron chi connectivity index (χ2n) is 4.99. The number of rotatable bonds is 6. The number of benzene rings is 2. The Hall–Kier alpha value is -2.33. The molecule has 2 aromatic rings. The van der Waals surface area contributed by atoms with Crippen LogP contribution in [0.5, 0.6) is 0 Å². The summed E-state index contributed by atoms with van der Waals surface area (Å²) in [4.78, 5) is 2.45. The average Bonchev–Trinajstić information content (AvgIpc) is 2.56. The molecule has 0 spiro atoms. The molecule has 0 atom stereocenters. The fourth-order valence-electron chi connectivity index (χ4n) is 2.28.